The number of non-ortho nitro benzene ring substituents is 1. The summed E-state index contributed by atoms with van der Waals surface area (Å²) in [4.78, 5) is 25.7. The second kappa shape index (κ2) is 4.76. The van der Waals surface area contributed by atoms with Crippen LogP contribution in [0.1, 0.15) is 13.8 Å². The molecular formula is C13H13N3O4. The maximum Gasteiger partial charge on any atom is 0.328 e. The molecule has 0 spiro atoms. The van der Waals surface area contributed by atoms with Crippen molar-refractivity contribution in [3.63, 3.8) is 0 Å². The van der Waals surface area contributed by atoms with Gasteiger partial charge in [-0.1, -0.05) is 0 Å². The van der Waals surface area contributed by atoms with Crippen LogP contribution in [0, 0.1) is 10.1 Å². The van der Waals surface area contributed by atoms with Gasteiger partial charge in [0.2, 0.25) is 0 Å². The highest BCUT2D eigenvalue weighted by Crippen LogP contribution is 2.31. The third kappa shape index (κ3) is 2.37. The summed E-state index contributed by atoms with van der Waals surface area (Å²) in [6, 6.07) is 5.99. The number of fused-ring (bicyclic) bond motifs is 1. The summed E-state index contributed by atoms with van der Waals surface area (Å²) in [5.41, 5.74) is -0.456. The highest BCUT2D eigenvalue weighted by Gasteiger charge is 2.28. The number of carbonyl (C=O) groups is 1. The summed E-state index contributed by atoms with van der Waals surface area (Å²) < 4.78 is 0. The first-order valence-electron chi connectivity index (χ1n) is 5.86. The third-order valence-electron chi connectivity index (χ3n) is 2.93. The maximum absolute atomic E-state index is 11.1. The first-order chi connectivity index (χ1) is 9.33. The molecule has 0 aliphatic carbocycles. The summed E-state index contributed by atoms with van der Waals surface area (Å²) in [7, 11) is 0. The molecule has 1 aromatic carbocycles. The number of rotatable bonds is 4. The Hall–Kier alpha value is -2.70. The van der Waals surface area contributed by atoms with Gasteiger partial charge in [0.15, 0.2) is 0 Å². The van der Waals surface area contributed by atoms with Crippen LogP contribution in [0.3, 0.4) is 0 Å². The van der Waals surface area contributed by atoms with Crippen molar-refractivity contribution in [2.75, 3.05) is 5.32 Å². The molecule has 20 heavy (non-hydrogen) atoms. The van der Waals surface area contributed by atoms with Gasteiger partial charge in [-0.05, 0) is 32.0 Å². The number of aromatic nitrogens is 1. The van der Waals surface area contributed by atoms with Gasteiger partial charge in [-0.15, -0.1) is 0 Å². The average molecular weight is 275 g/mol. The largest absolute Gasteiger partial charge is 0.480 e. The Kier molecular flexibility index (Phi) is 3.27. The second-order valence-corrected chi connectivity index (χ2v) is 4.84. The lowest BCUT2D eigenvalue weighted by Crippen LogP contribution is -2.40. The second-order valence-electron chi connectivity index (χ2n) is 4.84. The molecule has 2 aromatic rings. The molecule has 0 saturated carbocycles. The van der Waals surface area contributed by atoms with Gasteiger partial charge in [0.25, 0.3) is 5.69 Å². The Morgan fingerprint density at radius 3 is 2.70 bits per heavy atom. The standard InChI is InChI=1S/C13H13N3O4/c1-13(2,12(17)18)15-9-5-6-10(16(19)20)8-4-3-7-14-11(8)9/h3-7,15H,1-2H3,(H,17,18). The zero-order valence-electron chi connectivity index (χ0n) is 11.0. The SMILES string of the molecule is CC(C)(Nc1ccc([N+](=O)[O-])c2cccnc12)C(=O)O. The number of carboxylic acids is 1. The molecule has 0 fully saturated rings. The van der Waals surface area contributed by atoms with E-state index in [1.807, 2.05) is 0 Å². The van der Waals surface area contributed by atoms with E-state index in [0.717, 1.165) is 0 Å². The van der Waals surface area contributed by atoms with Crippen LogP contribution in [0.4, 0.5) is 11.4 Å². The zero-order valence-corrected chi connectivity index (χ0v) is 11.0. The number of hydrogen-bond donors (Lipinski definition) is 2. The molecular weight excluding hydrogens is 262 g/mol. The van der Waals surface area contributed by atoms with Crippen LogP contribution in [-0.4, -0.2) is 26.5 Å². The average Bonchev–Trinajstić information content (AvgIpc) is 2.38. The van der Waals surface area contributed by atoms with E-state index in [-0.39, 0.29) is 5.69 Å². The van der Waals surface area contributed by atoms with Crippen LogP contribution in [-0.2, 0) is 4.79 Å². The van der Waals surface area contributed by atoms with Gasteiger partial charge in [-0.25, -0.2) is 4.79 Å². The van der Waals surface area contributed by atoms with Crippen molar-refractivity contribution in [1.29, 1.82) is 0 Å². The predicted octanol–water partition coefficient (Wildman–Crippen LogP) is 2.42. The molecule has 1 aromatic heterocycles. The molecule has 0 aliphatic heterocycles. The van der Waals surface area contributed by atoms with Crippen LogP contribution in [0.25, 0.3) is 10.9 Å². The number of hydrogen-bond acceptors (Lipinski definition) is 5. The van der Waals surface area contributed by atoms with Gasteiger partial charge >= 0.3 is 5.97 Å². The lowest BCUT2D eigenvalue weighted by atomic mass is 10.0. The van der Waals surface area contributed by atoms with E-state index in [2.05, 4.69) is 10.3 Å². The fourth-order valence-corrected chi connectivity index (χ4v) is 1.81. The van der Waals surface area contributed by atoms with E-state index in [4.69, 9.17) is 5.11 Å². The van der Waals surface area contributed by atoms with E-state index in [1.165, 1.54) is 32.2 Å². The Bertz CT molecular complexity index is 697. The van der Waals surface area contributed by atoms with Crippen molar-refractivity contribution in [2.24, 2.45) is 0 Å². The molecule has 104 valence electrons. The van der Waals surface area contributed by atoms with Crippen LogP contribution in [0.2, 0.25) is 0 Å². The van der Waals surface area contributed by atoms with Crippen molar-refractivity contribution in [1.82, 2.24) is 4.98 Å². The van der Waals surface area contributed by atoms with Gasteiger partial charge in [0.1, 0.15) is 11.1 Å². The highest BCUT2D eigenvalue weighted by atomic mass is 16.6. The summed E-state index contributed by atoms with van der Waals surface area (Å²) in [6.07, 6.45) is 1.50. The monoisotopic (exact) mass is 275 g/mol. The normalized spacial score (nSPS) is 11.3. The van der Waals surface area contributed by atoms with Crippen molar-refractivity contribution in [2.45, 2.75) is 19.4 Å². The first kappa shape index (κ1) is 13.7. The van der Waals surface area contributed by atoms with Gasteiger partial charge < -0.3 is 10.4 Å². The number of nitro groups is 1. The quantitative estimate of drug-likeness (QED) is 0.655. The lowest BCUT2D eigenvalue weighted by molar-refractivity contribution is -0.383. The molecule has 0 atom stereocenters. The summed E-state index contributed by atoms with van der Waals surface area (Å²) in [6.45, 7) is 3.01. The Balaban J connectivity index is 2.60. The van der Waals surface area contributed by atoms with Crippen LogP contribution in [0.15, 0.2) is 30.5 Å². The molecule has 2 rings (SSSR count). The van der Waals surface area contributed by atoms with E-state index in [1.54, 1.807) is 12.1 Å². The summed E-state index contributed by atoms with van der Waals surface area (Å²) in [5.74, 6) is -1.03. The van der Waals surface area contributed by atoms with Crippen molar-refractivity contribution in [3.8, 4) is 0 Å². The number of pyridine rings is 1. The van der Waals surface area contributed by atoms with Crippen LogP contribution in [0.5, 0.6) is 0 Å². The van der Waals surface area contributed by atoms with Crippen molar-refractivity contribution < 1.29 is 14.8 Å². The number of anilines is 1. The van der Waals surface area contributed by atoms with Gasteiger partial charge in [-0.3, -0.25) is 15.1 Å². The number of aliphatic carboxylic acids is 1. The number of nitro benzene ring substituents is 1. The topological polar surface area (TPSA) is 105 Å². The maximum atomic E-state index is 11.1. The van der Waals surface area contributed by atoms with Gasteiger partial charge in [-0.2, -0.15) is 0 Å². The highest BCUT2D eigenvalue weighted by molar-refractivity contribution is 5.98. The lowest BCUT2D eigenvalue weighted by Gasteiger charge is -2.23. The zero-order chi connectivity index (χ0) is 14.9. The number of nitrogens with one attached hydrogen (secondary N) is 1. The number of carboxylic acid groups (broad SMARTS) is 1. The molecule has 0 unspecified atom stereocenters. The van der Waals surface area contributed by atoms with E-state index in [9.17, 15) is 14.9 Å². The minimum atomic E-state index is -1.21. The van der Waals surface area contributed by atoms with E-state index in [0.29, 0.717) is 16.6 Å². The molecule has 2 N–H and O–H groups in total. The van der Waals surface area contributed by atoms with Crippen molar-refractivity contribution in [3.05, 3.63) is 40.6 Å². The van der Waals surface area contributed by atoms with E-state index >= 15 is 0 Å². The molecule has 1 heterocycles. The molecule has 0 radical (unpaired) electrons. The Labute approximate surface area is 114 Å². The molecule has 0 bridgehead atoms. The van der Waals surface area contributed by atoms with Gasteiger partial charge in [0.05, 0.1) is 16.0 Å². The molecule has 7 nitrogen and oxygen atoms in total. The molecule has 0 aliphatic rings. The van der Waals surface area contributed by atoms with Crippen LogP contribution >= 0.6 is 0 Å². The van der Waals surface area contributed by atoms with Gasteiger partial charge in [0, 0.05) is 12.3 Å². The fraction of sp³-hybridized carbons (Fsp3) is 0.231. The summed E-state index contributed by atoms with van der Waals surface area (Å²) in [5, 5.41) is 23.3. The third-order valence-corrected chi connectivity index (χ3v) is 2.93. The number of nitrogens with zero attached hydrogens (tertiary/aromatic N) is 2. The number of benzene rings is 1. The summed E-state index contributed by atoms with van der Waals surface area (Å²) >= 11 is 0. The smallest absolute Gasteiger partial charge is 0.328 e. The van der Waals surface area contributed by atoms with E-state index < -0.39 is 16.4 Å². The predicted molar refractivity (Wildman–Crippen MR) is 73.7 cm³/mol. The minimum Gasteiger partial charge on any atom is -0.480 e. The Morgan fingerprint density at radius 1 is 1.40 bits per heavy atom. The van der Waals surface area contributed by atoms with Crippen LogP contribution < -0.4 is 5.32 Å². The Morgan fingerprint density at radius 2 is 2.10 bits per heavy atom. The van der Waals surface area contributed by atoms with Crippen molar-refractivity contribution >= 4 is 28.2 Å². The molecule has 0 amide bonds. The first-order valence-corrected chi connectivity index (χ1v) is 5.86. The fourth-order valence-electron chi connectivity index (χ4n) is 1.81. The minimum absolute atomic E-state index is 0.0632. The molecule has 0 saturated heterocycles. The molecule has 7 heteroatoms.